The second-order valence-corrected chi connectivity index (χ2v) is 4.29. The first-order valence-corrected chi connectivity index (χ1v) is 6.25. The fourth-order valence-electron chi connectivity index (χ4n) is 1.82. The maximum Gasteiger partial charge on any atom is 0.325 e. The molecular formula is C17H16O4. The average Bonchev–Trinajstić information content (AvgIpc) is 2.53. The Kier molecular flexibility index (Phi) is 6.04. The molecule has 1 rings (SSSR count). The van der Waals surface area contributed by atoms with Gasteiger partial charge in [-0.15, -0.1) is 12.3 Å². The van der Waals surface area contributed by atoms with Crippen molar-refractivity contribution in [3.8, 4) is 24.2 Å². The molecule has 0 aromatic heterocycles. The van der Waals surface area contributed by atoms with E-state index in [4.69, 9.17) is 15.9 Å². The SMILES string of the molecule is C#CCC(CC#Cc1ccccc1)(C(=O)OC)C(=O)OC. The van der Waals surface area contributed by atoms with Crippen LogP contribution in [0.3, 0.4) is 0 Å². The molecule has 0 heterocycles. The second-order valence-electron chi connectivity index (χ2n) is 4.29. The van der Waals surface area contributed by atoms with Crippen molar-refractivity contribution < 1.29 is 19.1 Å². The van der Waals surface area contributed by atoms with Crippen LogP contribution in [0.1, 0.15) is 18.4 Å². The van der Waals surface area contributed by atoms with Crippen LogP contribution in [0, 0.1) is 29.6 Å². The summed E-state index contributed by atoms with van der Waals surface area (Å²) in [7, 11) is 2.39. The molecule has 0 aliphatic heterocycles. The van der Waals surface area contributed by atoms with Gasteiger partial charge in [0.2, 0.25) is 0 Å². The standard InChI is InChI=1S/C17H16O4/c1-4-12-17(15(18)20-2,16(19)21-3)13-8-11-14-9-6-5-7-10-14/h1,5-7,9-10H,12-13H2,2-3H3. The van der Waals surface area contributed by atoms with Crippen molar-refractivity contribution in [2.45, 2.75) is 12.8 Å². The Morgan fingerprint density at radius 1 is 1.10 bits per heavy atom. The Hall–Kier alpha value is -2.72. The van der Waals surface area contributed by atoms with Gasteiger partial charge in [-0.3, -0.25) is 9.59 Å². The molecule has 1 aromatic rings. The summed E-state index contributed by atoms with van der Waals surface area (Å²) >= 11 is 0. The van der Waals surface area contributed by atoms with Gasteiger partial charge >= 0.3 is 11.9 Å². The van der Waals surface area contributed by atoms with E-state index in [-0.39, 0.29) is 12.8 Å². The van der Waals surface area contributed by atoms with Crippen LogP contribution in [-0.2, 0) is 19.1 Å². The van der Waals surface area contributed by atoms with Gasteiger partial charge in [0.1, 0.15) is 0 Å². The molecule has 0 radical (unpaired) electrons. The van der Waals surface area contributed by atoms with Gasteiger partial charge in [-0.25, -0.2) is 0 Å². The molecule has 0 fully saturated rings. The quantitative estimate of drug-likeness (QED) is 0.480. The number of hydrogen-bond donors (Lipinski definition) is 0. The van der Waals surface area contributed by atoms with E-state index in [1.165, 1.54) is 14.2 Å². The normalized spacial score (nSPS) is 9.76. The molecule has 0 amide bonds. The topological polar surface area (TPSA) is 52.6 Å². The van der Waals surface area contributed by atoms with E-state index in [0.717, 1.165) is 5.56 Å². The molecule has 4 heteroatoms. The second kappa shape index (κ2) is 7.77. The first-order chi connectivity index (χ1) is 10.1. The van der Waals surface area contributed by atoms with Gasteiger partial charge in [0.05, 0.1) is 14.2 Å². The third-order valence-corrected chi connectivity index (χ3v) is 2.95. The number of esters is 2. The molecule has 0 aliphatic rings. The lowest BCUT2D eigenvalue weighted by Gasteiger charge is -2.23. The summed E-state index contributed by atoms with van der Waals surface area (Å²) < 4.78 is 9.38. The van der Waals surface area contributed by atoms with Gasteiger partial charge in [0.25, 0.3) is 0 Å². The third-order valence-electron chi connectivity index (χ3n) is 2.95. The summed E-state index contributed by atoms with van der Waals surface area (Å²) in [6.45, 7) is 0. The molecule has 0 atom stereocenters. The minimum atomic E-state index is -1.58. The minimum absolute atomic E-state index is 0.0640. The van der Waals surface area contributed by atoms with Crippen molar-refractivity contribution in [1.29, 1.82) is 0 Å². The third kappa shape index (κ3) is 3.87. The zero-order chi connectivity index (χ0) is 15.7. The predicted molar refractivity (Wildman–Crippen MR) is 77.9 cm³/mol. The number of carbonyl (C=O) groups is 2. The summed E-state index contributed by atoms with van der Waals surface area (Å²) in [4.78, 5) is 24.0. The number of terminal acetylenes is 1. The number of rotatable bonds is 4. The Balaban J connectivity index is 3.08. The molecule has 0 N–H and O–H groups in total. The number of ether oxygens (including phenoxy) is 2. The Morgan fingerprint density at radius 2 is 1.67 bits per heavy atom. The van der Waals surface area contributed by atoms with Crippen LogP contribution in [0.25, 0.3) is 0 Å². The van der Waals surface area contributed by atoms with Crippen molar-refractivity contribution in [3.63, 3.8) is 0 Å². The van der Waals surface area contributed by atoms with Crippen LogP contribution in [-0.4, -0.2) is 26.2 Å². The molecule has 21 heavy (non-hydrogen) atoms. The van der Waals surface area contributed by atoms with Crippen LogP contribution in [0.2, 0.25) is 0 Å². The van der Waals surface area contributed by atoms with Crippen LogP contribution in [0.15, 0.2) is 30.3 Å². The Bertz CT molecular complexity index is 583. The van der Waals surface area contributed by atoms with Gasteiger partial charge in [0.15, 0.2) is 5.41 Å². The molecule has 0 unspecified atom stereocenters. The molecule has 0 spiro atoms. The number of carbonyl (C=O) groups excluding carboxylic acids is 2. The zero-order valence-corrected chi connectivity index (χ0v) is 12.0. The van der Waals surface area contributed by atoms with E-state index in [1.54, 1.807) is 0 Å². The van der Waals surface area contributed by atoms with E-state index in [9.17, 15) is 9.59 Å². The fraction of sp³-hybridized carbons (Fsp3) is 0.294. The van der Waals surface area contributed by atoms with Gasteiger partial charge in [-0.1, -0.05) is 30.0 Å². The van der Waals surface area contributed by atoms with Crippen molar-refractivity contribution in [2.24, 2.45) is 5.41 Å². The largest absolute Gasteiger partial charge is 0.468 e. The maximum atomic E-state index is 12.0. The highest BCUT2D eigenvalue weighted by Crippen LogP contribution is 2.29. The summed E-state index contributed by atoms with van der Waals surface area (Å²) in [5.41, 5.74) is -0.804. The highest BCUT2D eigenvalue weighted by Gasteiger charge is 2.47. The smallest absolute Gasteiger partial charge is 0.325 e. The van der Waals surface area contributed by atoms with E-state index in [0.29, 0.717) is 0 Å². The van der Waals surface area contributed by atoms with E-state index < -0.39 is 17.4 Å². The summed E-state index contributed by atoms with van der Waals surface area (Å²) in [6.07, 6.45) is 5.08. The van der Waals surface area contributed by atoms with Crippen molar-refractivity contribution in [1.82, 2.24) is 0 Å². The number of methoxy groups -OCH3 is 2. The lowest BCUT2D eigenvalue weighted by Crippen LogP contribution is -2.40. The van der Waals surface area contributed by atoms with Gasteiger partial charge < -0.3 is 9.47 Å². The zero-order valence-electron chi connectivity index (χ0n) is 12.0. The Labute approximate surface area is 124 Å². The van der Waals surface area contributed by atoms with E-state index >= 15 is 0 Å². The molecular weight excluding hydrogens is 268 g/mol. The highest BCUT2D eigenvalue weighted by atomic mass is 16.5. The minimum Gasteiger partial charge on any atom is -0.468 e. The van der Waals surface area contributed by atoms with Gasteiger partial charge in [-0.05, 0) is 12.1 Å². The van der Waals surface area contributed by atoms with Gasteiger partial charge in [0, 0.05) is 18.4 Å². The van der Waals surface area contributed by atoms with Crippen molar-refractivity contribution in [3.05, 3.63) is 35.9 Å². The Morgan fingerprint density at radius 3 is 2.14 bits per heavy atom. The first kappa shape index (κ1) is 16.3. The molecule has 1 aromatic carbocycles. The van der Waals surface area contributed by atoms with Gasteiger partial charge in [-0.2, -0.15) is 0 Å². The number of benzene rings is 1. The predicted octanol–water partition coefficient (Wildman–Crippen LogP) is 1.78. The summed E-state index contributed by atoms with van der Waals surface area (Å²) in [5, 5.41) is 0. The van der Waals surface area contributed by atoms with Crippen LogP contribution >= 0.6 is 0 Å². The van der Waals surface area contributed by atoms with Crippen molar-refractivity contribution >= 4 is 11.9 Å². The lowest BCUT2D eigenvalue weighted by atomic mass is 9.81. The summed E-state index contributed by atoms with van der Waals surface area (Å²) in [5.74, 6) is 6.53. The average molecular weight is 284 g/mol. The van der Waals surface area contributed by atoms with Crippen molar-refractivity contribution in [2.75, 3.05) is 14.2 Å². The monoisotopic (exact) mass is 284 g/mol. The van der Waals surface area contributed by atoms with Crippen LogP contribution < -0.4 is 0 Å². The van der Waals surface area contributed by atoms with Crippen LogP contribution in [0.5, 0.6) is 0 Å². The summed E-state index contributed by atoms with van der Waals surface area (Å²) in [6, 6.07) is 9.22. The lowest BCUT2D eigenvalue weighted by molar-refractivity contribution is -0.168. The molecule has 0 saturated carbocycles. The molecule has 4 nitrogen and oxygen atoms in total. The molecule has 108 valence electrons. The van der Waals surface area contributed by atoms with E-state index in [1.807, 2.05) is 30.3 Å². The van der Waals surface area contributed by atoms with E-state index in [2.05, 4.69) is 17.8 Å². The molecule has 0 saturated heterocycles. The maximum absolute atomic E-state index is 12.0. The molecule has 0 aliphatic carbocycles. The molecule has 0 bridgehead atoms. The highest BCUT2D eigenvalue weighted by molar-refractivity contribution is 6.00. The first-order valence-electron chi connectivity index (χ1n) is 6.25. The number of hydrogen-bond acceptors (Lipinski definition) is 4. The fourth-order valence-corrected chi connectivity index (χ4v) is 1.82. The van der Waals surface area contributed by atoms with Crippen LogP contribution in [0.4, 0.5) is 0 Å².